The maximum Gasteiger partial charge on any atom is 0.236 e. The third-order valence-corrected chi connectivity index (χ3v) is 3.62. The molecule has 3 rings (SSSR count). The van der Waals surface area contributed by atoms with E-state index in [1.54, 1.807) is 0 Å². The number of aromatic nitrogens is 1. The molecular formula is C17H17N3O. The van der Waals surface area contributed by atoms with Gasteiger partial charge < -0.3 is 16.0 Å². The molecule has 0 spiro atoms. The van der Waals surface area contributed by atoms with Gasteiger partial charge in [0.15, 0.2) is 0 Å². The third-order valence-electron chi connectivity index (χ3n) is 3.62. The average Bonchev–Trinajstić information content (AvgIpc) is 2.87. The molecule has 106 valence electrons. The Labute approximate surface area is 123 Å². The van der Waals surface area contributed by atoms with Gasteiger partial charge in [-0.25, -0.2) is 0 Å². The van der Waals surface area contributed by atoms with Gasteiger partial charge in [-0.2, -0.15) is 0 Å². The molecule has 1 amide bonds. The van der Waals surface area contributed by atoms with Gasteiger partial charge in [-0.3, -0.25) is 4.79 Å². The molecule has 4 heteroatoms. The van der Waals surface area contributed by atoms with Crippen LogP contribution in [0, 0.1) is 0 Å². The van der Waals surface area contributed by atoms with Crippen LogP contribution in [0.5, 0.6) is 0 Å². The molecule has 1 aromatic heterocycles. The Kier molecular flexibility index (Phi) is 3.46. The lowest BCUT2D eigenvalue weighted by Crippen LogP contribution is -2.39. The second-order valence-electron chi connectivity index (χ2n) is 5.07. The van der Waals surface area contributed by atoms with Gasteiger partial charge in [0.2, 0.25) is 5.91 Å². The van der Waals surface area contributed by atoms with E-state index in [1.165, 1.54) is 0 Å². The number of carbonyl (C=O) groups is 1. The highest BCUT2D eigenvalue weighted by atomic mass is 16.1. The number of benzene rings is 2. The summed E-state index contributed by atoms with van der Waals surface area (Å²) in [5.74, 6) is -0.494. The topological polar surface area (TPSA) is 74.0 Å². The molecule has 0 aliphatic rings. The number of primary amides is 1. The molecule has 0 saturated carbocycles. The van der Waals surface area contributed by atoms with Crippen LogP contribution >= 0.6 is 0 Å². The molecule has 0 radical (unpaired) electrons. The van der Waals surface area contributed by atoms with Crippen molar-refractivity contribution in [2.45, 2.75) is 12.6 Å². The van der Waals surface area contributed by atoms with Crippen molar-refractivity contribution in [3.05, 3.63) is 60.7 Å². The normalized spacial score (nSPS) is 12.4. The molecule has 0 saturated heterocycles. The van der Waals surface area contributed by atoms with Gasteiger partial charge in [-0.15, -0.1) is 0 Å². The fraction of sp³-hybridized carbons (Fsp3) is 0.118. The van der Waals surface area contributed by atoms with Crippen LogP contribution in [0.25, 0.3) is 22.2 Å². The van der Waals surface area contributed by atoms with E-state index in [2.05, 4.69) is 10.6 Å². The lowest BCUT2D eigenvalue weighted by atomic mass is 10.1. The fourth-order valence-corrected chi connectivity index (χ4v) is 2.54. The zero-order valence-corrected chi connectivity index (χ0v) is 11.6. The Morgan fingerprint density at radius 1 is 1.05 bits per heavy atom. The lowest BCUT2D eigenvalue weighted by Gasteiger charge is -2.14. The molecule has 21 heavy (non-hydrogen) atoms. The zero-order chi connectivity index (χ0) is 14.8. The number of para-hydroxylation sites is 1. The molecule has 0 aliphatic heterocycles. The fourth-order valence-electron chi connectivity index (χ4n) is 2.54. The predicted molar refractivity (Wildman–Crippen MR) is 84.5 cm³/mol. The maximum absolute atomic E-state index is 11.3. The van der Waals surface area contributed by atoms with E-state index < -0.39 is 11.9 Å². The van der Waals surface area contributed by atoms with Crippen LogP contribution in [0.15, 0.2) is 60.7 Å². The van der Waals surface area contributed by atoms with Crippen molar-refractivity contribution in [2.75, 3.05) is 0 Å². The van der Waals surface area contributed by atoms with Crippen molar-refractivity contribution in [2.24, 2.45) is 11.5 Å². The number of rotatable bonds is 4. The average molecular weight is 279 g/mol. The number of fused-ring (bicyclic) bond motifs is 1. The van der Waals surface area contributed by atoms with Crippen molar-refractivity contribution in [1.82, 2.24) is 4.57 Å². The van der Waals surface area contributed by atoms with Crippen molar-refractivity contribution in [3.63, 3.8) is 0 Å². The number of carbonyl (C=O) groups excluding carboxylic acids is 1. The smallest absolute Gasteiger partial charge is 0.236 e. The van der Waals surface area contributed by atoms with Gasteiger partial charge >= 0.3 is 0 Å². The first-order valence-corrected chi connectivity index (χ1v) is 6.85. The van der Waals surface area contributed by atoms with Crippen LogP contribution < -0.4 is 11.5 Å². The maximum atomic E-state index is 11.3. The summed E-state index contributed by atoms with van der Waals surface area (Å²) in [5, 5.41) is 1.12. The molecule has 1 unspecified atom stereocenters. The van der Waals surface area contributed by atoms with E-state index in [9.17, 15) is 4.79 Å². The summed E-state index contributed by atoms with van der Waals surface area (Å²) in [7, 11) is 0. The number of hydrogen-bond acceptors (Lipinski definition) is 2. The van der Waals surface area contributed by atoms with E-state index in [4.69, 9.17) is 11.5 Å². The highest BCUT2D eigenvalue weighted by Crippen LogP contribution is 2.28. The molecule has 0 bridgehead atoms. The van der Waals surface area contributed by atoms with Crippen LogP contribution in [0.3, 0.4) is 0 Å². The van der Waals surface area contributed by atoms with Gasteiger partial charge in [0, 0.05) is 23.1 Å². The van der Waals surface area contributed by atoms with E-state index in [1.807, 2.05) is 54.6 Å². The second-order valence-corrected chi connectivity index (χ2v) is 5.07. The summed E-state index contributed by atoms with van der Waals surface area (Å²) in [5.41, 5.74) is 14.3. The van der Waals surface area contributed by atoms with E-state index >= 15 is 0 Å². The molecule has 4 N–H and O–H groups in total. The first kappa shape index (κ1) is 13.4. The van der Waals surface area contributed by atoms with Crippen molar-refractivity contribution >= 4 is 16.8 Å². The lowest BCUT2D eigenvalue weighted by molar-refractivity contribution is -0.119. The summed E-state index contributed by atoms with van der Waals surface area (Å²) < 4.78 is 2.06. The summed E-state index contributed by atoms with van der Waals surface area (Å²) in [6.45, 7) is 0.368. The minimum absolute atomic E-state index is 0.368. The Morgan fingerprint density at radius 2 is 1.71 bits per heavy atom. The van der Waals surface area contributed by atoms with Gasteiger partial charge in [0.05, 0.1) is 0 Å². The minimum Gasteiger partial charge on any atom is -0.368 e. The Hall–Kier alpha value is -2.59. The Balaban J connectivity index is 2.17. The molecule has 0 aliphatic carbocycles. The van der Waals surface area contributed by atoms with Gasteiger partial charge in [-0.05, 0) is 17.7 Å². The first-order chi connectivity index (χ1) is 10.2. The molecule has 2 aromatic carbocycles. The monoisotopic (exact) mass is 279 g/mol. The third kappa shape index (κ3) is 2.53. The van der Waals surface area contributed by atoms with Crippen LogP contribution in [-0.4, -0.2) is 16.5 Å². The number of hydrogen-bond donors (Lipinski definition) is 2. The number of amides is 1. The molecular weight excluding hydrogens is 262 g/mol. The van der Waals surface area contributed by atoms with Crippen molar-refractivity contribution in [3.8, 4) is 11.3 Å². The van der Waals surface area contributed by atoms with Crippen LogP contribution in [-0.2, 0) is 11.3 Å². The standard InChI is InChI=1S/C17H17N3O/c18-14(17(19)21)11-20-15-9-5-4-8-13(15)10-16(20)12-6-2-1-3-7-12/h1-10,14H,11,18H2,(H2,19,21). The van der Waals surface area contributed by atoms with E-state index in [0.717, 1.165) is 22.2 Å². The number of nitrogens with two attached hydrogens (primary N) is 2. The van der Waals surface area contributed by atoms with E-state index in [-0.39, 0.29) is 0 Å². The summed E-state index contributed by atoms with van der Waals surface area (Å²) in [4.78, 5) is 11.3. The Bertz CT molecular complexity index is 777. The molecule has 1 heterocycles. The highest BCUT2D eigenvalue weighted by Gasteiger charge is 2.15. The van der Waals surface area contributed by atoms with Crippen LogP contribution in [0.4, 0.5) is 0 Å². The summed E-state index contributed by atoms with van der Waals surface area (Å²) in [6, 6.07) is 19.5. The first-order valence-electron chi connectivity index (χ1n) is 6.85. The Morgan fingerprint density at radius 3 is 2.43 bits per heavy atom. The minimum atomic E-state index is -0.705. The number of nitrogens with zero attached hydrogens (tertiary/aromatic N) is 1. The highest BCUT2D eigenvalue weighted by molar-refractivity contribution is 5.87. The second kappa shape index (κ2) is 5.42. The summed E-state index contributed by atoms with van der Waals surface area (Å²) >= 11 is 0. The van der Waals surface area contributed by atoms with Crippen LogP contribution in [0.1, 0.15) is 0 Å². The predicted octanol–water partition coefficient (Wildman–Crippen LogP) is 2.12. The molecule has 1 atom stereocenters. The van der Waals surface area contributed by atoms with Crippen molar-refractivity contribution < 1.29 is 4.79 Å². The van der Waals surface area contributed by atoms with E-state index in [0.29, 0.717) is 6.54 Å². The quantitative estimate of drug-likeness (QED) is 0.767. The van der Waals surface area contributed by atoms with Gasteiger partial charge in [0.1, 0.15) is 6.04 Å². The summed E-state index contributed by atoms with van der Waals surface area (Å²) in [6.07, 6.45) is 0. The van der Waals surface area contributed by atoms with Gasteiger partial charge in [0.25, 0.3) is 0 Å². The van der Waals surface area contributed by atoms with Gasteiger partial charge in [-0.1, -0.05) is 48.5 Å². The molecule has 4 nitrogen and oxygen atoms in total. The van der Waals surface area contributed by atoms with Crippen molar-refractivity contribution in [1.29, 1.82) is 0 Å². The molecule has 0 fully saturated rings. The molecule has 3 aromatic rings. The SMILES string of the molecule is NC(=O)C(N)Cn1c(-c2ccccc2)cc2ccccc21. The largest absolute Gasteiger partial charge is 0.368 e. The van der Waals surface area contributed by atoms with Crippen LogP contribution in [0.2, 0.25) is 0 Å². The zero-order valence-electron chi connectivity index (χ0n) is 11.6.